The molecule has 1 fully saturated rings. The van der Waals surface area contributed by atoms with Crippen LogP contribution in [0.1, 0.15) is 18.9 Å². The van der Waals surface area contributed by atoms with E-state index in [0.29, 0.717) is 26.1 Å². The van der Waals surface area contributed by atoms with Crippen LogP contribution in [-0.2, 0) is 9.59 Å². The van der Waals surface area contributed by atoms with Crippen molar-refractivity contribution in [1.29, 1.82) is 0 Å². The number of nitrogens with one attached hydrogen (secondary N) is 1. The first kappa shape index (κ1) is 19.7. The number of nitrogens with zero attached hydrogens (tertiary/aromatic N) is 2. The molecule has 5 heteroatoms. The van der Waals surface area contributed by atoms with Gasteiger partial charge in [-0.3, -0.25) is 9.59 Å². The van der Waals surface area contributed by atoms with Crippen molar-refractivity contribution in [3.63, 3.8) is 0 Å². The highest BCUT2D eigenvalue weighted by Gasteiger charge is 2.20. The summed E-state index contributed by atoms with van der Waals surface area (Å²) in [7, 11) is 0. The molecule has 0 saturated carbocycles. The van der Waals surface area contributed by atoms with E-state index in [2.05, 4.69) is 22.3 Å². The van der Waals surface area contributed by atoms with E-state index in [-0.39, 0.29) is 11.8 Å². The average Bonchev–Trinajstić information content (AvgIpc) is 2.75. The second-order valence-corrected chi connectivity index (χ2v) is 6.94. The molecule has 5 nitrogen and oxygen atoms in total. The number of piperazine rings is 1. The lowest BCUT2D eigenvalue weighted by Gasteiger charge is -2.36. The maximum absolute atomic E-state index is 12.4. The largest absolute Gasteiger partial charge is 0.368 e. The average molecular weight is 377 g/mol. The number of carbonyl (C=O) groups is 2. The third kappa shape index (κ3) is 5.46. The van der Waals surface area contributed by atoms with Crippen LogP contribution in [0.2, 0.25) is 0 Å². The first-order valence-electron chi connectivity index (χ1n) is 9.73. The molecule has 0 atom stereocenters. The minimum atomic E-state index is -0.164. The third-order valence-corrected chi connectivity index (χ3v) is 4.97. The number of amides is 2. The zero-order chi connectivity index (χ0) is 19.8. The van der Waals surface area contributed by atoms with E-state index in [0.717, 1.165) is 24.2 Å². The molecule has 0 bridgehead atoms. The molecule has 1 N–H and O–H groups in total. The van der Waals surface area contributed by atoms with Gasteiger partial charge < -0.3 is 15.1 Å². The van der Waals surface area contributed by atoms with E-state index < -0.39 is 0 Å². The summed E-state index contributed by atoms with van der Waals surface area (Å²) in [5.41, 5.74) is 3.12. The van der Waals surface area contributed by atoms with Crippen LogP contribution in [0, 0.1) is 0 Å². The highest BCUT2D eigenvalue weighted by molar-refractivity contribution is 5.95. The number of hydrogen-bond acceptors (Lipinski definition) is 3. The maximum atomic E-state index is 12.4. The van der Waals surface area contributed by atoms with Crippen molar-refractivity contribution in [2.75, 3.05) is 37.6 Å². The van der Waals surface area contributed by atoms with Crippen LogP contribution in [0.4, 0.5) is 5.69 Å². The van der Waals surface area contributed by atoms with Crippen molar-refractivity contribution in [2.24, 2.45) is 0 Å². The van der Waals surface area contributed by atoms with E-state index in [4.69, 9.17) is 0 Å². The summed E-state index contributed by atoms with van der Waals surface area (Å²) in [6.45, 7) is 5.37. The summed E-state index contributed by atoms with van der Waals surface area (Å²) in [5, 5.41) is 2.81. The number of benzene rings is 2. The number of hydrogen-bond donors (Lipinski definition) is 1. The van der Waals surface area contributed by atoms with Gasteiger partial charge in [0.15, 0.2) is 0 Å². The van der Waals surface area contributed by atoms with Crippen LogP contribution in [0.5, 0.6) is 0 Å². The molecule has 1 aliphatic rings. The van der Waals surface area contributed by atoms with Gasteiger partial charge >= 0.3 is 0 Å². The lowest BCUT2D eigenvalue weighted by atomic mass is 10.1. The molecule has 1 heterocycles. The number of para-hydroxylation sites is 1. The number of carbonyl (C=O) groups excluding carboxylic acids is 2. The van der Waals surface area contributed by atoms with Crippen LogP contribution >= 0.6 is 0 Å². The van der Waals surface area contributed by atoms with Gasteiger partial charge in [-0.1, -0.05) is 48.5 Å². The van der Waals surface area contributed by atoms with Crippen LogP contribution in [0.15, 0.2) is 66.7 Å². The molecule has 0 radical (unpaired) electrons. The zero-order valence-corrected chi connectivity index (χ0v) is 16.3. The molecular weight excluding hydrogens is 350 g/mol. The van der Waals surface area contributed by atoms with Gasteiger partial charge in [-0.05, 0) is 30.2 Å². The maximum Gasteiger partial charge on any atom is 0.244 e. The molecule has 3 rings (SSSR count). The summed E-state index contributed by atoms with van der Waals surface area (Å²) in [6, 6.07) is 20.0. The molecule has 2 amide bonds. The van der Waals surface area contributed by atoms with Gasteiger partial charge in [-0.2, -0.15) is 0 Å². The zero-order valence-electron chi connectivity index (χ0n) is 16.3. The Bertz CT molecular complexity index is 810. The van der Waals surface area contributed by atoms with E-state index in [1.165, 1.54) is 5.69 Å². The topological polar surface area (TPSA) is 52.7 Å². The molecule has 0 spiro atoms. The van der Waals surface area contributed by atoms with Crippen LogP contribution in [0.3, 0.4) is 0 Å². The summed E-state index contributed by atoms with van der Waals surface area (Å²) in [6.07, 6.45) is 1.91. The quantitative estimate of drug-likeness (QED) is 0.788. The lowest BCUT2D eigenvalue weighted by Crippen LogP contribution is -2.49. The standard InChI is InChI=1S/C23H27N3O2/c1-19(20-8-4-2-5-9-20)18-22(27)24-13-12-23(28)26-16-14-25(15-17-26)21-10-6-3-7-11-21/h2-11,18H,12-17H2,1H3,(H,24,27)/b19-18-. The molecule has 1 aliphatic heterocycles. The van der Waals surface area contributed by atoms with Gasteiger partial charge in [0.05, 0.1) is 0 Å². The van der Waals surface area contributed by atoms with Gasteiger partial charge in [0.1, 0.15) is 0 Å². The van der Waals surface area contributed by atoms with Crippen molar-refractivity contribution in [3.05, 3.63) is 72.3 Å². The first-order chi connectivity index (χ1) is 13.6. The Morgan fingerprint density at radius 1 is 0.929 bits per heavy atom. The molecule has 1 saturated heterocycles. The van der Waals surface area contributed by atoms with Crippen molar-refractivity contribution in [1.82, 2.24) is 10.2 Å². The normalized spacial score (nSPS) is 14.7. The predicted molar refractivity (Wildman–Crippen MR) is 113 cm³/mol. The highest BCUT2D eigenvalue weighted by Crippen LogP contribution is 2.16. The predicted octanol–water partition coefficient (Wildman–Crippen LogP) is 2.95. The Hall–Kier alpha value is -3.08. The highest BCUT2D eigenvalue weighted by atomic mass is 16.2. The lowest BCUT2D eigenvalue weighted by molar-refractivity contribution is -0.131. The van der Waals surface area contributed by atoms with Gasteiger partial charge in [0.2, 0.25) is 11.8 Å². The Morgan fingerprint density at radius 2 is 1.54 bits per heavy atom. The Morgan fingerprint density at radius 3 is 2.18 bits per heavy atom. The van der Waals surface area contributed by atoms with E-state index >= 15 is 0 Å². The van der Waals surface area contributed by atoms with Crippen molar-refractivity contribution in [3.8, 4) is 0 Å². The smallest absolute Gasteiger partial charge is 0.244 e. The fourth-order valence-corrected chi connectivity index (χ4v) is 3.34. The van der Waals surface area contributed by atoms with Crippen LogP contribution in [-0.4, -0.2) is 49.4 Å². The minimum absolute atomic E-state index is 0.0942. The van der Waals surface area contributed by atoms with E-state index in [1.54, 1.807) is 6.08 Å². The van der Waals surface area contributed by atoms with E-state index in [1.807, 2.05) is 60.4 Å². The summed E-state index contributed by atoms with van der Waals surface area (Å²) in [4.78, 5) is 28.7. The molecule has 0 aliphatic carbocycles. The second-order valence-electron chi connectivity index (χ2n) is 6.94. The van der Waals surface area contributed by atoms with E-state index in [9.17, 15) is 9.59 Å². The fourth-order valence-electron chi connectivity index (χ4n) is 3.34. The fraction of sp³-hybridized carbons (Fsp3) is 0.304. The van der Waals surface area contributed by atoms with Gasteiger partial charge in [0.25, 0.3) is 0 Å². The molecular formula is C23H27N3O2. The molecule has 2 aromatic carbocycles. The summed E-state index contributed by atoms with van der Waals surface area (Å²) in [5.74, 6) is -0.0696. The van der Waals surface area contributed by atoms with Gasteiger partial charge in [0, 0.05) is 50.9 Å². The third-order valence-electron chi connectivity index (χ3n) is 4.97. The molecule has 0 unspecified atom stereocenters. The van der Waals surface area contributed by atoms with Crippen molar-refractivity contribution in [2.45, 2.75) is 13.3 Å². The first-order valence-corrected chi connectivity index (χ1v) is 9.73. The summed E-state index contributed by atoms with van der Waals surface area (Å²) >= 11 is 0. The van der Waals surface area contributed by atoms with Gasteiger partial charge in [-0.25, -0.2) is 0 Å². The molecule has 28 heavy (non-hydrogen) atoms. The van der Waals surface area contributed by atoms with Gasteiger partial charge in [-0.15, -0.1) is 0 Å². The number of anilines is 1. The minimum Gasteiger partial charge on any atom is -0.368 e. The van der Waals surface area contributed by atoms with Crippen LogP contribution < -0.4 is 10.2 Å². The molecule has 146 valence electrons. The number of allylic oxidation sites excluding steroid dienone is 1. The molecule has 0 aromatic heterocycles. The Balaban J connectivity index is 1.39. The Kier molecular flexibility index (Phi) is 6.84. The molecule has 2 aromatic rings. The monoisotopic (exact) mass is 377 g/mol. The van der Waals surface area contributed by atoms with Crippen molar-refractivity contribution >= 4 is 23.1 Å². The number of rotatable bonds is 6. The Labute approximate surface area is 166 Å². The SMILES string of the molecule is C/C(=C/C(=O)NCCC(=O)N1CCN(c2ccccc2)CC1)c1ccccc1. The second kappa shape index (κ2) is 9.74. The van der Waals surface area contributed by atoms with Crippen LogP contribution in [0.25, 0.3) is 5.57 Å². The summed E-state index contributed by atoms with van der Waals surface area (Å²) < 4.78 is 0. The van der Waals surface area contributed by atoms with Crippen molar-refractivity contribution < 1.29 is 9.59 Å².